The van der Waals surface area contributed by atoms with Crippen LogP contribution < -0.4 is 0 Å². The Kier molecular flexibility index (Phi) is 3.78. The number of hydrogen-bond donors (Lipinski definition) is 0. The molecule has 0 heterocycles. The van der Waals surface area contributed by atoms with Crippen LogP contribution in [0.1, 0.15) is 0 Å². The van der Waals surface area contributed by atoms with Gasteiger partial charge in [-0.2, -0.15) is 0 Å². The zero-order valence-electron chi connectivity index (χ0n) is 8.47. The maximum absolute atomic E-state index is 11.4. The predicted octanol–water partition coefficient (Wildman–Crippen LogP) is 1.78. The minimum atomic E-state index is -1.44. The number of carbonyl (C=O) groups excluding carboxylic acids is 1. The van der Waals surface area contributed by atoms with E-state index >= 15 is 0 Å². The second-order valence-electron chi connectivity index (χ2n) is 2.73. The minimum Gasteiger partial charge on any atom is -0.491 e. The number of allylic oxidation sites excluding steroid dienone is 1. The van der Waals surface area contributed by atoms with Crippen LogP contribution in [0.25, 0.3) is 0 Å². The highest BCUT2D eigenvalue weighted by molar-refractivity contribution is 6.40. The first-order chi connectivity index (χ1) is 7.03. The van der Waals surface area contributed by atoms with Gasteiger partial charge in [-0.3, -0.25) is 4.79 Å². The fraction of sp³-hybridized carbons (Fsp3) is 0.444. The summed E-state index contributed by atoms with van der Waals surface area (Å²) in [6.07, 6.45) is 1.15. The summed E-state index contributed by atoms with van der Waals surface area (Å²) in [6, 6.07) is 0. The third-order valence-corrected chi connectivity index (χ3v) is 2.84. The first kappa shape index (κ1) is 12.5. The van der Waals surface area contributed by atoms with E-state index in [1.807, 2.05) is 0 Å². The van der Waals surface area contributed by atoms with Crippen molar-refractivity contribution in [2.75, 3.05) is 21.3 Å². The Hall–Kier alpha value is -0.550. The van der Waals surface area contributed by atoms with Gasteiger partial charge < -0.3 is 14.2 Å². The molecule has 1 rings (SSSR count). The van der Waals surface area contributed by atoms with Crippen molar-refractivity contribution < 1.29 is 19.0 Å². The normalized spacial score (nSPS) is 20.3. The Bertz CT molecular complexity index is 342. The Balaban J connectivity index is 3.33. The number of methoxy groups -OCH3 is 3. The van der Waals surface area contributed by atoms with E-state index in [1.165, 1.54) is 21.3 Å². The molecule has 0 aromatic carbocycles. The molecule has 15 heavy (non-hydrogen) atoms. The largest absolute Gasteiger partial charge is 0.491 e. The molecule has 0 aromatic heterocycles. The highest BCUT2D eigenvalue weighted by atomic mass is 35.5. The van der Waals surface area contributed by atoms with E-state index in [2.05, 4.69) is 0 Å². The van der Waals surface area contributed by atoms with Crippen LogP contribution in [0.15, 0.2) is 21.9 Å². The Labute approximate surface area is 97.4 Å². The summed E-state index contributed by atoms with van der Waals surface area (Å²) >= 11 is 11.8. The van der Waals surface area contributed by atoms with Crippen molar-refractivity contribution in [3.8, 4) is 0 Å². The molecule has 0 aromatic rings. The lowest BCUT2D eigenvalue weighted by Crippen LogP contribution is -2.39. The molecule has 0 unspecified atom stereocenters. The van der Waals surface area contributed by atoms with Gasteiger partial charge in [0.15, 0.2) is 5.76 Å². The zero-order valence-corrected chi connectivity index (χ0v) is 9.98. The summed E-state index contributed by atoms with van der Waals surface area (Å²) in [6.45, 7) is 0. The van der Waals surface area contributed by atoms with Crippen molar-refractivity contribution in [1.82, 2.24) is 0 Å². The topological polar surface area (TPSA) is 44.8 Å². The van der Waals surface area contributed by atoms with Crippen LogP contribution >= 0.6 is 23.2 Å². The van der Waals surface area contributed by atoms with Gasteiger partial charge in [-0.15, -0.1) is 0 Å². The number of ketones is 1. The molecule has 0 radical (unpaired) electrons. The zero-order chi connectivity index (χ0) is 11.6. The van der Waals surface area contributed by atoms with Crippen LogP contribution in [0.2, 0.25) is 0 Å². The first-order valence-electron chi connectivity index (χ1n) is 4.00. The number of hydrogen-bond acceptors (Lipinski definition) is 4. The lowest BCUT2D eigenvalue weighted by Gasteiger charge is -2.32. The van der Waals surface area contributed by atoms with Gasteiger partial charge >= 0.3 is 0 Å². The van der Waals surface area contributed by atoms with Gasteiger partial charge in [0.1, 0.15) is 5.03 Å². The van der Waals surface area contributed by atoms with Crippen LogP contribution in [-0.4, -0.2) is 32.9 Å². The lowest BCUT2D eigenvalue weighted by atomic mass is 10.1. The molecule has 6 heteroatoms. The molecule has 0 N–H and O–H groups in total. The number of carbonyl (C=O) groups is 1. The van der Waals surface area contributed by atoms with E-state index in [0.717, 1.165) is 6.08 Å². The molecular formula is C9H10Cl2O4. The van der Waals surface area contributed by atoms with Crippen molar-refractivity contribution >= 4 is 29.0 Å². The fourth-order valence-electron chi connectivity index (χ4n) is 1.29. The van der Waals surface area contributed by atoms with Gasteiger partial charge in [0.05, 0.1) is 12.1 Å². The molecule has 0 aliphatic heterocycles. The summed E-state index contributed by atoms with van der Waals surface area (Å²) in [7, 11) is 4.06. The molecule has 4 nitrogen and oxygen atoms in total. The third-order valence-electron chi connectivity index (χ3n) is 2.06. The van der Waals surface area contributed by atoms with E-state index in [-0.39, 0.29) is 15.8 Å². The number of rotatable bonds is 3. The Morgan fingerprint density at radius 2 is 1.73 bits per heavy atom. The van der Waals surface area contributed by atoms with Crippen molar-refractivity contribution in [3.63, 3.8) is 0 Å². The van der Waals surface area contributed by atoms with Crippen molar-refractivity contribution in [3.05, 3.63) is 21.9 Å². The molecule has 0 atom stereocenters. The summed E-state index contributed by atoms with van der Waals surface area (Å²) in [5.74, 6) is -1.90. The summed E-state index contributed by atoms with van der Waals surface area (Å²) < 4.78 is 15.0. The summed E-state index contributed by atoms with van der Waals surface area (Å²) in [5.41, 5.74) is 0. The number of halogens is 2. The van der Waals surface area contributed by atoms with Crippen molar-refractivity contribution in [1.29, 1.82) is 0 Å². The van der Waals surface area contributed by atoms with Gasteiger partial charge in [-0.05, 0) is 0 Å². The molecule has 0 bridgehead atoms. The van der Waals surface area contributed by atoms with Crippen molar-refractivity contribution in [2.45, 2.75) is 5.79 Å². The molecule has 0 saturated heterocycles. The SMILES string of the molecule is COC1=C(Cl)C(OC)(OC)C(Cl)=CC1=O. The van der Waals surface area contributed by atoms with E-state index in [4.69, 9.17) is 37.4 Å². The van der Waals surface area contributed by atoms with Gasteiger partial charge in [0.25, 0.3) is 0 Å². The molecule has 1 aliphatic carbocycles. The van der Waals surface area contributed by atoms with E-state index in [1.54, 1.807) is 0 Å². The van der Waals surface area contributed by atoms with E-state index in [9.17, 15) is 4.79 Å². The van der Waals surface area contributed by atoms with Crippen LogP contribution in [0, 0.1) is 0 Å². The second-order valence-corrected chi connectivity index (χ2v) is 3.51. The smallest absolute Gasteiger partial charge is 0.247 e. The highest BCUT2D eigenvalue weighted by Gasteiger charge is 2.45. The molecule has 84 valence electrons. The molecule has 0 amide bonds. The molecular weight excluding hydrogens is 243 g/mol. The maximum Gasteiger partial charge on any atom is 0.247 e. The molecule has 1 aliphatic rings. The number of ether oxygens (including phenoxy) is 3. The predicted molar refractivity (Wildman–Crippen MR) is 55.6 cm³/mol. The Morgan fingerprint density at radius 3 is 2.13 bits per heavy atom. The second kappa shape index (κ2) is 4.53. The molecule has 0 spiro atoms. The fourth-order valence-corrected chi connectivity index (χ4v) is 2.11. The van der Waals surface area contributed by atoms with Gasteiger partial charge in [0, 0.05) is 20.3 Å². The van der Waals surface area contributed by atoms with Crippen LogP contribution in [0.5, 0.6) is 0 Å². The summed E-state index contributed by atoms with van der Waals surface area (Å²) in [4.78, 5) is 11.4. The molecule has 0 saturated carbocycles. The third kappa shape index (κ3) is 1.78. The lowest BCUT2D eigenvalue weighted by molar-refractivity contribution is -0.146. The van der Waals surface area contributed by atoms with E-state index < -0.39 is 11.6 Å². The van der Waals surface area contributed by atoms with Gasteiger partial charge in [-0.25, -0.2) is 0 Å². The molecule has 0 fully saturated rings. The van der Waals surface area contributed by atoms with Crippen LogP contribution in [0.4, 0.5) is 0 Å². The average molecular weight is 253 g/mol. The quantitative estimate of drug-likeness (QED) is 0.719. The monoisotopic (exact) mass is 252 g/mol. The van der Waals surface area contributed by atoms with Gasteiger partial charge in [-0.1, -0.05) is 23.2 Å². The van der Waals surface area contributed by atoms with Crippen molar-refractivity contribution in [2.24, 2.45) is 0 Å². The Morgan fingerprint density at radius 1 is 1.20 bits per heavy atom. The van der Waals surface area contributed by atoms with Gasteiger partial charge in [0.2, 0.25) is 11.6 Å². The average Bonchev–Trinajstić information content (AvgIpc) is 2.20. The van der Waals surface area contributed by atoms with Crippen LogP contribution in [-0.2, 0) is 19.0 Å². The van der Waals surface area contributed by atoms with Crippen LogP contribution in [0.3, 0.4) is 0 Å². The minimum absolute atomic E-state index is 0.0208. The van der Waals surface area contributed by atoms with E-state index in [0.29, 0.717) is 0 Å². The standard InChI is InChI=1S/C9H10Cl2O4/c1-13-7-5(12)4-6(10)9(14-2,15-3)8(7)11/h4H,1-3H3. The first-order valence-corrected chi connectivity index (χ1v) is 4.75. The highest BCUT2D eigenvalue weighted by Crippen LogP contribution is 2.40. The maximum atomic E-state index is 11.4. The summed E-state index contributed by atoms with van der Waals surface area (Å²) in [5, 5.41) is 0.0378.